The molecular weight excluding hydrogens is 326 g/mol. The maximum Gasteiger partial charge on any atom is 0.255 e. The molecule has 1 aliphatic rings. The van der Waals surface area contributed by atoms with Crippen LogP contribution in [0.15, 0.2) is 65.5 Å². The first-order chi connectivity index (χ1) is 12.7. The molecular formula is C21H21N3O2. The summed E-state index contributed by atoms with van der Waals surface area (Å²) >= 11 is 0. The van der Waals surface area contributed by atoms with E-state index in [1.54, 1.807) is 24.7 Å². The Kier molecular flexibility index (Phi) is 4.44. The molecule has 1 amide bonds. The zero-order valence-electron chi connectivity index (χ0n) is 14.7. The number of aromatic nitrogens is 1. The molecule has 2 aromatic heterocycles. The van der Waals surface area contributed by atoms with Gasteiger partial charge in [0.25, 0.3) is 5.91 Å². The fraction of sp³-hybridized carbons (Fsp3) is 0.238. The van der Waals surface area contributed by atoms with Crippen LogP contribution < -0.4 is 10.2 Å². The van der Waals surface area contributed by atoms with Gasteiger partial charge in [0.05, 0.1) is 18.4 Å². The number of nitrogens with one attached hydrogen (secondary N) is 1. The molecule has 0 aliphatic carbocycles. The minimum atomic E-state index is -0.120. The molecule has 5 heteroatoms. The lowest BCUT2D eigenvalue weighted by molar-refractivity contribution is 0.0949. The summed E-state index contributed by atoms with van der Waals surface area (Å²) in [5.74, 6) is 0.575. The van der Waals surface area contributed by atoms with Gasteiger partial charge in [-0.3, -0.25) is 9.78 Å². The molecule has 0 unspecified atom stereocenters. The zero-order chi connectivity index (χ0) is 17.9. The molecule has 3 heterocycles. The Labute approximate surface area is 152 Å². The number of pyridine rings is 1. The number of hydrogen-bond donors (Lipinski definition) is 1. The van der Waals surface area contributed by atoms with E-state index in [4.69, 9.17) is 4.42 Å². The van der Waals surface area contributed by atoms with Crippen molar-refractivity contribution in [2.24, 2.45) is 0 Å². The Morgan fingerprint density at radius 3 is 2.88 bits per heavy atom. The molecule has 5 nitrogen and oxygen atoms in total. The summed E-state index contributed by atoms with van der Waals surface area (Å²) in [5, 5.41) is 2.95. The third-order valence-electron chi connectivity index (χ3n) is 4.85. The first-order valence-electron chi connectivity index (χ1n) is 8.80. The number of furan rings is 1. The van der Waals surface area contributed by atoms with E-state index < -0.39 is 0 Å². The number of hydrogen-bond acceptors (Lipinski definition) is 4. The van der Waals surface area contributed by atoms with E-state index in [1.165, 1.54) is 11.3 Å². The summed E-state index contributed by atoms with van der Waals surface area (Å²) in [6, 6.07) is 14.3. The van der Waals surface area contributed by atoms with Crippen molar-refractivity contribution in [2.45, 2.75) is 32.5 Å². The van der Waals surface area contributed by atoms with E-state index in [1.807, 2.05) is 18.2 Å². The van der Waals surface area contributed by atoms with Gasteiger partial charge in [-0.05, 0) is 48.7 Å². The van der Waals surface area contributed by atoms with Crippen LogP contribution in [0.1, 0.15) is 34.2 Å². The molecule has 0 bridgehead atoms. The maximum atomic E-state index is 12.6. The molecule has 3 aromatic rings. The van der Waals surface area contributed by atoms with E-state index in [9.17, 15) is 4.79 Å². The molecule has 0 saturated carbocycles. The first-order valence-corrected chi connectivity index (χ1v) is 8.80. The van der Waals surface area contributed by atoms with Crippen molar-refractivity contribution in [3.05, 3.63) is 83.6 Å². The summed E-state index contributed by atoms with van der Waals surface area (Å²) in [5.41, 5.74) is 4.17. The van der Waals surface area contributed by atoms with Gasteiger partial charge < -0.3 is 14.6 Å². The second kappa shape index (κ2) is 7.04. The highest BCUT2D eigenvalue weighted by atomic mass is 16.3. The minimum absolute atomic E-state index is 0.120. The summed E-state index contributed by atoms with van der Waals surface area (Å²) in [6.07, 6.45) is 6.04. The fourth-order valence-electron chi connectivity index (χ4n) is 3.47. The Hall–Kier alpha value is -3.08. The fourth-order valence-corrected chi connectivity index (χ4v) is 3.47. The molecule has 26 heavy (non-hydrogen) atoms. The van der Waals surface area contributed by atoms with Gasteiger partial charge in [-0.15, -0.1) is 0 Å². The first kappa shape index (κ1) is 16.4. The highest BCUT2D eigenvalue weighted by Gasteiger charge is 2.27. The van der Waals surface area contributed by atoms with Crippen LogP contribution in [-0.2, 0) is 19.5 Å². The molecule has 1 N–H and O–H groups in total. The van der Waals surface area contributed by atoms with Gasteiger partial charge in [0.15, 0.2) is 0 Å². The number of benzene rings is 1. The van der Waals surface area contributed by atoms with Gasteiger partial charge in [0.2, 0.25) is 0 Å². The maximum absolute atomic E-state index is 12.6. The SMILES string of the molecule is C[C@H]1Cc2ccccc2N1Cc1occc1C(=O)NCc1ccncc1. The normalized spacial score (nSPS) is 15.7. The average Bonchev–Trinajstić information content (AvgIpc) is 3.26. The van der Waals surface area contributed by atoms with Crippen LogP contribution in [0.2, 0.25) is 0 Å². The second-order valence-corrected chi connectivity index (χ2v) is 6.61. The van der Waals surface area contributed by atoms with E-state index in [0.717, 1.165) is 12.0 Å². The van der Waals surface area contributed by atoms with Gasteiger partial charge in [0.1, 0.15) is 5.76 Å². The zero-order valence-corrected chi connectivity index (χ0v) is 14.7. The molecule has 0 fully saturated rings. The molecule has 0 spiro atoms. The lowest BCUT2D eigenvalue weighted by atomic mass is 10.1. The van der Waals surface area contributed by atoms with Crippen LogP contribution in [0.5, 0.6) is 0 Å². The number of fused-ring (bicyclic) bond motifs is 1. The van der Waals surface area contributed by atoms with Crippen molar-refractivity contribution in [3.8, 4) is 0 Å². The summed E-state index contributed by atoms with van der Waals surface area (Å²) in [7, 11) is 0. The predicted molar refractivity (Wildman–Crippen MR) is 99.9 cm³/mol. The summed E-state index contributed by atoms with van der Waals surface area (Å²) in [6.45, 7) is 3.25. The topological polar surface area (TPSA) is 58.4 Å². The molecule has 1 atom stereocenters. The molecule has 0 radical (unpaired) electrons. The van der Waals surface area contributed by atoms with Crippen LogP contribution in [0.4, 0.5) is 5.69 Å². The largest absolute Gasteiger partial charge is 0.467 e. The number of amides is 1. The number of carbonyl (C=O) groups is 1. The third kappa shape index (κ3) is 3.20. The van der Waals surface area contributed by atoms with Crippen molar-refractivity contribution in [1.29, 1.82) is 0 Å². The summed E-state index contributed by atoms with van der Waals surface area (Å²) in [4.78, 5) is 18.9. The lowest BCUT2D eigenvalue weighted by Gasteiger charge is -2.24. The van der Waals surface area contributed by atoms with Crippen LogP contribution >= 0.6 is 0 Å². The Morgan fingerprint density at radius 2 is 2.04 bits per heavy atom. The number of carbonyl (C=O) groups excluding carboxylic acids is 1. The Bertz CT molecular complexity index is 904. The van der Waals surface area contributed by atoms with Crippen LogP contribution in [0.3, 0.4) is 0 Å². The van der Waals surface area contributed by atoms with Crippen molar-refractivity contribution >= 4 is 11.6 Å². The standard InChI is InChI=1S/C21H21N3O2/c1-15-12-17-4-2-3-5-19(17)24(15)14-20-18(8-11-26-20)21(25)23-13-16-6-9-22-10-7-16/h2-11,15H,12-14H2,1H3,(H,23,25)/t15-/m0/s1. The van der Waals surface area contributed by atoms with Crippen molar-refractivity contribution in [3.63, 3.8) is 0 Å². The quantitative estimate of drug-likeness (QED) is 0.767. The third-order valence-corrected chi connectivity index (χ3v) is 4.85. The molecule has 4 rings (SSSR count). The minimum Gasteiger partial charge on any atom is -0.467 e. The lowest BCUT2D eigenvalue weighted by Crippen LogP contribution is -2.30. The van der Waals surface area contributed by atoms with Crippen molar-refractivity contribution in [2.75, 3.05) is 4.90 Å². The average molecular weight is 347 g/mol. The molecule has 1 aromatic carbocycles. The van der Waals surface area contributed by atoms with E-state index >= 15 is 0 Å². The highest BCUT2D eigenvalue weighted by Crippen LogP contribution is 2.33. The number of para-hydroxylation sites is 1. The smallest absolute Gasteiger partial charge is 0.255 e. The van der Waals surface area contributed by atoms with Crippen molar-refractivity contribution < 1.29 is 9.21 Å². The van der Waals surface area contributed by atoms with E-state index in [0.29, 0.717) is 30.5 Å². The van der Waals surface area contributed by atoms with Gasteiger partial charge in [-0.1, -0.05) is 18.2 Å². The number of nitrogens with zero attached hydrogens (tertiary/aromatic N) is 2. The summed E-state index contributed by atoms with van der Waals surface area (Å²) < 4.78 is 5.65. The van der Waals surface area contributed by atoms with Gasteiger partial charge in [-0.2, -0.15) is 0 Å². The van der Waals surface area contributed by atoms with E-state index in [-0.39, 0.29) is 5.91 Å². The highest BCUT2D eigenvalue weighted by molar-refractivity contribution is 5.95. The Morgan fingerprint density at radius 1 is 1.23 bits per heavy atom. The van der Waals surface area contributed by atoms with Gasteiger partial charge in [-0.25, -0.2) is 0 Å². The monoisotopic (exact) mass is 347 g/mol. The van der Waals surface area contributed by atoms with Crippen LogP contribution in [0, 0.1) is 0 Å². The molecule has 132 valence electrons. The van der Waals surface area contributed by atoms with Gasteiger partial charge >= 0.3 is 0 Å². The second-order valence-electron chi connectivity index (χ2n) is 6.61. The molecule has 1 aliphatic heterocycles. The van der Waals surface area contributed by atoms with Crippen molar-refractivity contribution in [1.82, 2.24) is 10.3 Å². The van der Waals surface area contributed by atoms with Gasteiger partial charge in [0, 0.05) is 30.7 Å². The predicted octanol–water partition coefficient (Wildman–Crippen LogP) is 3.56. The van der Waals surface area contributed by atoms with E-state index in [2.05, 4.69) is 40.3 Å². The number of anilines is 1. The van der Waals surface area contributed by atoms with Crippen LogP contribution in [-0.4, -0.2) is 16.9 Å². The van der Waals surface area contributed by atoms with Crippen LogP contribution in [0.25, 0.3) is 0 Å². The Balaban J connectivity index is 1.48. The molecule has 0 saturated heterocycles. The number of rotatable bonds is 5.